The Morgan fingerprint density at radius 3 is 1.76 bits per heavy atom. The van der Waals surface area contributed by atoms with Crippen LogP contribution in [-0.2, 0) is 0 Å². The van der Waals surface area contributed by atoms with Crippen molar-refractivity contribution in [2.45, 2.75) is 13.8 Å². The average Bonchev–Trinajstić information content (AvgIpc) is 2.83. The third kappa shape index (κ3) is 4.37. The lowest BCUT2D eigenvalue weighted by atomic mass is 10.0. The van der Waals surface area contributed by atoms with Crippen LogP contribution in [0, 0.1) is 13.8 Å². The molecule has 0 N–H and O–H groups in total. The lowest BCUT2D eigenvalue weighted by Crippen LogP contribution is -2.09. The second kappa shape index (κ2) is 8.67. The highest BCUT2D eigenvalue weighted by molar-refractivity contribution is 5.96. The van der Waals surface area contributed by atoms with Gasteiger partial charge in [0.05, 0.1) is 28.0 Å². The summed E-state index contributed by atoms with van der Waals surface area (Å²) in [6, 6.07) is 31.0. The number of hydrogen-bond donors (Lipinski definition) is 0. The molecule has 0 fully saturated rings. The molecule has 33 heavy (non-hydrogen) atoms. The Labute approximate surface area is 192 Å². The topological polar surface area (TPSA) is 52.1 Å². The maximum absolute atomic E-state index is 12.9. The maximum atomic E-state index is 12.9. The Hall–Kier alpha value is -4.31. The minimum atomic E-state index is -0.419. The van der Waals surface area contributed by atoms with Crippen LogP contribution in [0.3, 0.4) is 0 Å². The SMILES string of the molecule is Cc1cc(C)cc(OC(=O)c2ccc3nc(-c4ccccc4)c(-c4ccccc4)nc3c2)c1. The average molecular weight is 431 g/mol. The van der Waals surface area contributed by atoms with Crippen LogP contribution in [-0.4, -0.2) is 15.9 Å². The summed E-state index contributed by atoms with van der Waals surface area (Å²) < 4.78 is 5.63. The fraction of sp³-hybridized carbons (Fsp3) is 0.0690. The summed E-state index contributed by atoms with van der Waals surface area (Å²) in [6.07, 6.45) is 0. The van der Waals surface area contributed by atoms with E-state index >= 15 is 0 Å². The van der Waals surface area contributed by atoms with Gasteiger partial charge in [-0.05, 0) is 55.3 Å². The van der Waals surface area contributed by atoms with E-state index in [0.29, 0.717) is 16.8 Å². The number of aryl methyl sites for hydroxylation is 2. The number of ether oxygens (including phenoxy) is 1. The molecule has 0 amide bonds. The van der Waals surface area contributed by atoms with Crippen molar-refractivity contribution in [3.05, 3.63) is 114 Å². The van der Waals surface area contributed by atoms with Gasteiger partial charge in [-0.2, -0.15) is 0 Å². The molecule has 0 saturated heterocycles. The predicted molar refractivity (Wildman–Crippen MR) is 131 cm³/mol. The largest absolute Gasteiger partial charge is 0.423 e. The van der Waals surface area contributed by atoms with Crippen molar-refractivity contribution in [1.29, 1.82) is 0 Å². The third-order valence-electron chi connectivity index (χ3n) is 5.40. The standard InChI is InChI=1S/C29H22N2O2/c1-19-15-20(2)17-24(16-19)33-29(32)23-13-14-25-26(18-23)31-28(22-11-7-4-8-12-22)27(30-25)21-9-5-3-6-10-21/h3-18H,1-2H3. The van der Waals surface area contributed by atoms with Crippen molar-refractivity contribution in [1.82, 2.24) is 9.97 Å². The Morgan fingerprint density at radius 1 is 0.636 bits per heavy atom. The van der Waals surface area contributed by atoms with Crippen molar-refractivity contribution >= 4 is 17.0 Å². The van der Waals surface area contributed by atoms with Crippen LogP contribution in [0.1, 0.15) is 21.5 Å². The van der Waals surface area contributed by atoms with Crippen molar-refractivity contribution in [3.63, 3.8) is 0 Å². The number of carbonyl (C=O) groups excluding carboxylic acids is 1. The van der Waals surface area contributed by atoms with E-state index in [9.17, 15) is 4.79 Å². The first-order chi connectivity index (χ1) is 16.1. The van der Waals surface area contributed by atoms with Gasteiger partial charge in [-0.1, -0.05) is 66.7 Å². The lowest BCUT2D eigenvalue weighted by molar-refractivity contribution is 0.0735. The van der Waals surface area contributed by atoms with E-state index in [1.807, 2.05) is 98.8 Å². The van der Waals surface area contributed by atoms with E-state index in [1.54, 1.807) is 12.1 Å². The highest BCUT2D eigenvalue weighted by Crippen LogP contribution is 2.31. The predicted octanol–water partition coefficient (Wildman–Crippen LogP) is 6.80. The monoisotopic (exact) mass is 430 g/mol. The molecular formula is C29H22N2O2. The van der Waals surface area contributed by atoms with Gasteiger partial charge in [-0.3, -0.25) is 0 Å². The number of nitrogens with zero attached hydrogens (tertiary/aromatic N) is 2. The number of esters is 1. The molecule has 0 saturated carbocycles. The number of benzene rings is 4. The molecule has 0 radical (unpaired) electrons. The zero-order valence-electron chi connectivity index (χ0n) is 18.4. The van der Waals surface area contributed by atoms with E-state index in [0.717, 1.165) is 39.2 Å². The van der Waals surface area contributed by atoms with Crippen LogP contribution in [0.5, 0.6) is 5.75 Å². The normalized spacial score (nSPS) is 10.8. The molecule has 1 aromatic heterocycles. The quantitative estimate of drug-likeness (QED) is 0.232. The number of aromatic nitrogens is 2. The molecule has 4 aromatic carbocycles. The number of fused-ring (bicyclic) bond motifs is 1. The van der Waals surface area contributed by atoms with Crippen molar-refractivity contribution in [2.24, 2.45) is 0 Å². The van der Waals surface area contributed by atoms with E-state index in [-0.39, 0.29) is 0 Å². The fourth-order valence-electron chi connectivity index (χ4n) is 3.93. The molecule has 0 aliphatic heterocycles. The molecule has 5 aromatic rings. The van der Waals surface area contributed by atoms with Gasteiger partial charge in [0, 0.05) is 11.1 Å². The van der Waals surface area contributed by atoms with Crippen LogP contribution < -0.4 is 4.74 Å². The smallest absolute Gasteiger partial charge is 0.343 e. The van der Waals surface area contributed by atoms with Gasteiger partial charge in [0.25, 0.3) is 0 Å². The van der Waals surface area contributed by atoms with E-state index in [2.05, 4.69) is 0 Å². The van der Waals surface area contributed by atoms with E-state index in [4.69, 9.17) is 14.7 Å². The lowest BCUT2D eigenvalue weighted by Gasteiger charge is -2.11. The minimum Gasteiger partial charge on any atom is -0.423 e. The van der Waals surface area contributed by atoms with Gasteiger partial charge in [-0.25, -0.2) is 14.8 Å². The molecule has 5 rings (SSSR count). The fourth-order valence-corrected chi connectivity index (χ4v) is 3.93. The summed E-state index contributed by atoms with van der Waals surface area (Å²) in [5.74, 6) is 0.116. The maximum Gasteiger partial charge on any atom is 0.343 e. The molecule has 0 aliphatic carbocycles. The van der Waals surface area contributed by atoms with E-state index < -0.39 is 5.97 Å². The highest BCUT2D eigenvalue weighted by atomic mass is 16.5. The van der Waals surface area contributed by atoms with Crippen LogP contribution in [0.2, 0.25) is 0 Å². The van der Waals surface area contributed by atoms with Gasteiger partial charge in [-0.15, -0.1) is 0 Å². The van der Waals surface area contributed by atoms with Crippen LogP contribution in [0.4, 0.5) is 0 Å². The summed E-state index contributed by atoms with van der Waals surface area (Å²) >= 11 is 0. The van der Waals surface area contributed by atoms with Crippen molar-refractivity contribution in [2.75, 3.05) is 0 Å². The third-order valence-corrected chi connectivity index (χ3v) is 5.40. The zero-order chi connectivity index (χ0) is 22.8. The van der Waals surface area contributed by atoms with Crippen LogP contribution in [0.15, 0.2) is 97.1 Å². The summed E-state index contributed by atoms with van der Waals surface area (Å²) in [5, 5.41) is 0. The first kappa shape index (κ1) is 20.6. The van der Waals surface area contributed by atoms with Gasteiger partial charge in [0.2, 0.25) is 0 Å². The molecule has 0 unspecified atom stereocenters. The summed E-state index contributed by atoms with van der Waals surface area (Å²) in [6.45, 7) is 3.96. The Balaban J connectivity index is 1.58. The van der Waals surface area contributed by atoms with Gasteiger partial charge < -0.3 is 4.74 Å². The summed E-state index contributed by atoms with van der Waals surface area (Å²) in [7, 11) is 0. The molecule has 4 heteroatoms. The molecule has 0 bridgehead atoms. The van der Waals surface area contributed by atoms with Crippen LogP contribution in [0.25, 0.3) is 33.5 Å². The molecule has 4 nitrogen and oxygen atoms in total. The minimum absolute atomic E-state index is 0.419. The van der Waals surface area contributed by atoms with Gasteiger partial charge in [0.1, 0.15) is 5.75 Å². The number of carbonyl (C=O) groups is 1. The molecule has 1 heterocycles. The molecule has 0 aliphatic rings. The Bertz CT molecular complexity index is 1440. The second-order valence-corrected chi connectivity index (χ2v) is 8.07. The molecular weight excluding hydrogens is 408 g/mol. The Morgan fingerprint density at radius 2 is 1.18 bits per heavy atom. The van der Waals surface area contributed by atoms with Gasteiger partial charge >= 0.3 is 5.97 Å². The number of hydrogen-bond acceptors (Lipinski definition) is 4. The molecule has 160 valence electrons. The van der Waals surface area contributed by atoms with Crippen molar-refractivity contribution < 1.29 is 9.53 Å². The first-order valence-corrected chi connectivity index (χ1v) is 10.8. The Kier molecular flexibility index (Phi) is 5.41. The highest BCUT2D eigenvalue weighted by Gasteiger charge is 2.16. The second-order valence-electron chi connectivity index (χ2n) is 8.07. The van der Waals surface area contributed by atoms with Gasteiger partial charge in [0.15, 0.2) is 0 Å². The van der Waals surface area contributed by atoms with Crippen LogP contribution >= 0.6 is 0 Å². The molecule has 0 spiro atoms. The molecule has 0 atom stereocenters. The van der Waals surface area contributed by atoms with Crippen molar-refractivity contribution in [3.8, 4) is 28.3 Å². The number of rotatable bonds is 4. The van der Waals surface area contributed by atoms with E-state index in [1.165, 1.54) is 0 Å². The summed E-state index contributed by atoms with van der Waals surface area (Å²) in [5.41, 5.74) is 7.42. The zero-order valence-corrected chi connectivity index (χ0v) is 18.4. The summed E-state index contributed by atoms with van der Waals surface area (Å²) in [4.78, 5) is 22.7. The first-order valence-electron chi connectivity index (χ1n) is 10.8.